The number of nitrogens with zero attached hydrogens (tertiary/aromatic N) is 2. The number of hydrogen-bond donors (Lipinski definition) is 2. The predicted octanol–water partition coefficient (Wildman–Crippen LogP) is 2.88. The third-order valence-electron chi connectivity index (χ3n) is 7.19. The van der Waals surface area contributed by atoms with Gasteiger partial charge in [-0.05, 0) is 48.6 Å². The van der Waals surface area contributed by atoms with Crippen LogP contribution in [0.25, 0.3) is 10.9 Å². The molecule has 1 saturated heterocycles. The van der Waals surface area contributed by atoms with Crippen LogP contribution in [0.15, 0.2) is 58.2 Å². The highest BCUT2D eigenvalue weighted by Crippen LogP contribution is 2.25. The van der Waals surface area contributed by atoms with Gasteiger partial charge in [-0.1, -0.05) is 37.1 Å². The van der Waals surface area contributed by atoms with E-state index in [1.54, 1.807) is 6.07 Å². The molecule has 2 aliphatic heterocycles. The Morgan fingerprint density at radius 2 is 1.69 bits per heavy atom. The quantitative estimate of drug-likeness (QED) is 0.533. The summed E-state index contributed by atoms with van der Waals surface area (Å²) in [5.41, 5.74) is 2.91. The standard InChI is InChI=1S/C27H32N4O4S/c32-26-18-24(27(33)28-12-16-30-15-11-20-7-3-4-8-21(20)19-30)23-17-22(9-10-25(23)29-26)36(34,35)31-13-5-1-2-6-14-31/h3-4,7-10,17-18H,1-2,5-6,11-16,19H2,(H,28,33)(H,29,32). The van der Waals surface area contributed by atoms with Crippen LogP contribution in [0.1, 0.15) is 47.2 Å². The van der Waals surface area contributed by atoms with E-state index in [4.69, 9.17) is 0 Å². The zero-order valence-electron chi connectivity index (χ0n) is 20.3. The third kappa shape index (κ3) is 5.23. The second-order valence-corrected chi connectivity index (χ2v) is 11.6. The Labute approximate surface area is 211 Å². The Balaban J connectivity index is 1.33. The first-order valence-corrected chi connectivity index (χ1v) is 14.1. The molecule has 2 aliphatic rings. The number of pyridine rings is 1. The van der Waals surface area contributed by atoms with Gasteiger partial charge in [0, 0.05) is 56.2 Å². The first-order valence-electron chi connectivity index (χ1n) is 12.7. The molecule has 3 aromatic rings. The number of aromatic amines is 1. The van der Waals surface area contributed by atoms with Crippen molar-refractivity contribution in [2.24, 2.45) is 0 Å². The van der Waals surface area contributed by atoms with Gasteiger partial charge in [0.2, 0.25) is 15.6 Å². The van der Waals surface area contributed by atoms with Crippen molar-refractivity contribution in [1.82, 2.24) is 19.5 Å². The molecule has 8 nitrogen and oxygen atoms in total. The Bertz CT molecular complexity index is 1430. The lowest BCUT2D eigenvalue weighted by atomic mass is 10.00. The van der Waals surface area contributed by atoms with Crippen molar-refractivity contribution in [3.05, 3.63) is 75.6 Å². The van der Waals surface area contributed by atoms with Gasteiger partial charge in [0.05, 0.1) is 10.5 Å². The monoisotopic (exact) mass is 508 g/mol. The summed E-state index contributed by atoms with van der Waals surface area (Å²) in [5, 5.41) is 3.35. The van der Waals surface area contributed by atoms with Gasteiger partial charge in [-0.2, -0.15) is 4.31 Å². The lowest BCUT2D eigenvalue weighted by Gasteiger charge is -2.28. The smallest absolute Gasteiger partial charge is 0.252 e. The fourth-order valence-corrected chi connectivity index (χ4v) is 6.72. The van der Waals surface area contributed by atoms with E-state index in [1.807, 2.05) is 6.07 Å². The first kappa shape index (κ1) is 24.7. The normalized spacial score (nSPS) is 17.4. The highest BCUT2D eigenvalue weighted by Gasteiger charge is 2.26. The van der Waals surface area contributed by atoms with Gasteiger partial charge in [-0.25, -0.2) is 8.42 Å². The van der Waals surface area contributed by atoms with E-state index in [2.05, 4.69) is 33.4 Å². The molecule has 0 saturated carbocycles. The van der Waals surface area contributed by atoms with Crippen LogP contribution < -0.4 is 10.9 Å². The molecule has 2 N–H and O–H groups in total. The summed E-state index contributed by atoms with van der Waals surface area (Å²) in [6, 6.07) is 14.2. The maximum Gasteiger partial charge on any atom is 0.252 e. The van der Waals surface area contributed by atoms with Crippen molar-refractivity contribution in [2.75, 3.05) is 32.7 Å². The average Bonchev–Trinajstić information content (AvgIpc) is 3.18. The van der Waals surface area contributed by atoms with Gasteiger partial charge < -0.3 is 10.3 Å². The number of aromatic nitrogens is 1. The molecule has 0 aliphatic carbocycles. The molecular formula is C27H32N4O4S. The van der Waals surface area contributed by atoms with Gasteiger partial charge in [0.1, 0.15) is 0 Å². The number of H-pyrrole nitrogens is 1. The van der Waals surface area contributed by atoms with Crippen LogP contribution >= 0.6 is 0 Å². The van der Waals surface area contributed by atoms with Crippen molar-refractivity contribution in [3.63, 3.8) is 0 Å². The molecule has 3 heterocycles. The van der Waals surface area contributed by atoms with E-state index >= 15 is 0 Å². The number of benzene rings is 2. The summed E-state index contributed by atoms with van der Waals surface area (Å²) >= 11 is 0. The van der Waals surface area contributed by atoms with Crippen molar-refractivity contribution >= 4 is 26.8 Å². The molecule has 0 radical (unpaired) electrons. The van der Waals surface area contributed by atoms with E-state index in [1.165, 1.54) is 33.6 Å². The van der Waals surface area contributed by atoms with E-state index in [0.717, 1.165) is 45.2 Å². The molecule has 1 fully saturated rings. The second-order valence-electron chi connectivity index (χ2n) is 9.62. The minimum atomic E-state index is -3.68. The molecule has 36 heavy (non-hydrogen) atoms. The van der Waals surface area contributed by atoms with E-state index in [-0.39, 0.29) is 16.4 Å². The van der Waals surface area contributed by atoms with Crippen molar-refractivity contribution in [1.29, 1.82) is 0 Å². The summed E-state index contributed by atoms with van der Waals surface area (Å²) in [6.07, 6.45) is 4.72. The van der Waals surface area contributed by atoms with E-state index < -0.39 is 15.6 Å². The SMILES string of the molecule is O=C(NCCN1CCc2ccccc2C1)c1cc(=O)[nH]c2ccc(S(=O)(=O)N3CCCCCC3)cc12. The van der Waals surface area contributed by atoms with E-state index in [9.17, 15) is 18.0 Å². The molecule has 5 rings (SSSR count). The Hall–Kier alpha value is -3.01. The molecule has 0 atom stereocenters. The number of sulfonamides is 1. The van der Waals surface area contributed by atoms with Crippen LogP contribution in [0.5, 0.6) is 0 Å². The number of rotatable bonds is 6. The highest BCUT2D eigenvalue weighted by atomic mass is 32.2. The van der Waals surface area contributed by atoms with Crippen molar-refractivity contribution in [3.8, 4) is 0 Å². The minimum Gasteiger partial charge on any atom is -0.351 e. The molecule has 0 spiro atoms. The second kappa shape index (κ2) is 10.5. The number of fused-ring (bicyclic) bond motifs is 2. The third-order valence-corrected chi connectivity index (χ3v) is 9.08. The molecule has 9 heteroatoms. The zero-order valence-corrected chi connectivity index (χ0v) is 21.1. The summed E-state index contributed by atoms with van der Waals surface area (Å²) in [4.78, 5) is 30.5. The fourth-order valence-electron chi connectivity index (χ4n) is 5.18. The number of amides is 1. The minimum absolute atomic E-state index is 0.144. The van der Waals surface area contributed by atoms with Crippen LogP contribution in [-0.2, 0) is 23.0 Å². The number of carbonyl (C=O) groups is 1. The first-order chi connectivity index (χ1) is 17.4. The maximum absolute atomic E-state index is 13.3. The predicted molar refractivity (Wildman–Crippen MR) is 140 cm³/mol. The molecule has 190 valence electrons. The van der Waals surface area contributed by atoms with Gasteiger partial charge in [-0.3, -0.25) is 14.5 Å². The van der Waals surface area contributed by atoms with Gasteiger partial charge >= 0.3 is 0 Å². The molecule has 1 aromatic heterocycles. The van der Waals surface area contributed by atoms with Crippen LogP contribution in [0.2, 0.25) is 0 Å². The number of nitrogens with one attached hydrogen (secondary N) is 2. The summed E-state index contributed by atoms with van der Waals surface area (Å²) in [5.74, 6) is -0.382. The molecular weight excluding hydrogens is 476 g/mol. The molecule has 0 bridgehead atoms. The zero-order chi connectivity index (χ0) is 25.1. The van der Waals surface area contributed by atoms with Gasteiger partial charge in [0.25, 0.3) is 5.91 Å². The van der Waals surface area contributed by atoms with Crippen LogP contribution in [0.3, 0.4) is 0 Å². The maximum atomic E-state index is 13.3. The van der Waals surface area contributed by atoms with Crippen molar-refractivity contribution < 1.29 is 13.2 Å². The summed E-state index contributed by atoms with van der Waals surface area (Å²) in [7, 11) is -3.68. The number of hydrogen-bond acceptors (Lipinski definition) is 5. The highest BCUT2D eigenvalue weighted by molar-refractivity contribution is 7.89. The average molecular weight is 509 g/mol. The Morgan fingerprint density at radius 3 is 2.47 bits per heavy atom. The van der Waals surface area contributed by atoms with Gasteiger partial charge in [-0.15, -0.1) is 0 Å². The lowest BCUT2D eigenvalue weighted by molar-refractivity contribution is 0.0948. The Morgan fingerprint density at radius 1 is 0.944 bits per heavy atom. The van der Waals surface area contributed by atoms with Crippen LogP contribution in [0, 0.1) is 0 Å². The largest absolute Gasteiger partial charge is 0.351 e. The summed E-state index contributed by atoms with van der Waals surface area (Å²) in [6.45, 7) is 3.90. The molecule has 0 unspecified atom stereocenters. The van der Waals surface area contributed by atoms with Crippen LogP contribution in [-0.4, -0.2) is 61.2 Å². The van der Waals surface area contributed by atoms with Crippen molar-refractivity contribution in [2.45, 2.75) is 43.5 Å². The fraction of sp³-hybridized carbons (Fsp3) is 0.407. The Kier molecular flexibility index (Phi) is 7.22. The lowest BCUT2D eigenvalue weighted by Crippen LogP contribution is -2.38. The summed E-state index contributed by atoms with van der Waals surface area (Å²) < 4.78 is 28.2. The van der Waals surface area contributed by atoms with Gasteiger partial charge in [0.15, 0.2) is 0 Å². The number of carbonyl (C=O) groups excluding carboxylic acids is 1. The molecule has 2 aromatic carbocycles. The van der Waals surface area contributed by atoms with Crippen LogP contribution in [0.4, 0.5) is 0 Å². The van der Waals surface area contributed by atoms with E-state index in [0.29, 0.717) is 37.1 Å². The molecule has 1 amide bonds. The topological polar surface area (TPSA) is 103 Å².